The Morgan fingerprint density at radius 1 is 1.05 bits per heavy atom. The minimum absolute atomic E-state index is 0.0248. The molecule has 0 aromatic heterocycles. The fourth-order valence-corrected chi connectivity index (χ4v) is 2.66. The second-order valence-corrected chi connectivity index (χ2v) is 5.95. The number of hydrazine groups is 1. The van der Waals surface area contributed by atoms with Gasteiger partial charge < -0.3 is 5.32 Å². The van der Waals surface area contributed by atoms with Crippen molar-refractivity contribution in [2.75, 3.05) is 5.32 Å². The molecule has 21 heavy (non-hydrogen) atoms. The summed E-state index contributed by atoms with van der Waals surface area (Å²) in [6.45, 7) is 0. The van der Waals surface area contributed by atoms with Gasteiger partial charge >= 0.3 is 0 Å². The third-order valence-corrected chi connectivity index (χ3v) is 4.06. The predicted octanol–water partition coefficient (Wildman–Crippen LogP) is 3.00. The quantitative estimate of drug-likeness (QED) is 0.801. The lowest BCUT2D eigenvalue weighted by molar-refractivity contribution is -0.117. The number of nitrogens with one attached hydrogen (secondary N) is 3. The molecule has 1 saturated heterocycles. The molecule has 2 atom stereocenters. The molecule has 4 nitrogen and oxygen atoms in total. The van der Waals surface area contributed by atoms with Crippen LogP contribution in [0.1, 0.15) is 18.0 Å². The van der Waals surface area contributed by atoms with Crippen LogP contribution in [0.5, 0.6) is 0 Å². The fourth-order valence-electron chi connectivity index (χ4n) is 2.39. The smallest absolute Gasteiger partial charge is 0.242 e. The number of rotatable bonds is 3. The van der Waals surface area contributed by atoms with Crippen molar-refractivity contribution in [1.29, 1.82) is 0 Å². The van der Waals surface area contributed by atoms with Crippen molar-refractivity contribution < 1.29 is 4.79 Å². The predicted molar refractivity (Wildman–Crippen MR) is 86.6 cm³/mol. The number of halogens is 1. The third kappa shape index (κ3) is 3.50. The Labute approximate surface area is 132 Å². The highest BCUT2D eigenvalue weighted by Gasteiger charge is 2.29. The first-order valence-electron chi connectivity index (χ1n) is 6.85. The topological polar surface area (TPSA) is 53.2 Å². The van der Waals surface area contributed by atoms with E-state index >= 15 is 0 Å². The van der Waals surface area contributed by atoms with Gasteiger partial charge in [-0.3, -0.25) is 4.79 Å². The number of hydrogen-bond acceptors (Lipinski definition) is 3. The molecule has 1 aliphatic rings. The Bertz CT molecular complexity index is 615. The number of benzene rings is 2. The maximum Gasteiger partial charge on any atom is 0.242 e. The zero-order chi connectivity index (χ0) is 14.7. The molecule has 0 spiro atoms. The number of carbonyl (C=O) groups is 1. The van der Waals surface area contributed by atoms with Gasteiger partial charge in [-0.05, 0) is 36.2 Å². The molecular weight excluding hydrogens is 330 g/mol. The van der Waals surface area contributed by atoms with E-state index in [2.05, 4.69) is 44.2 Å². The van der Waals surface area contributed by atoms with Gasteiger partial charge in [-0.25, -0.2) is 10.9 Å². The maximum absolute atomic E-state index is 12.3. The number of carbonyl (C=O) groups excluding carboxylic acids is 1. The summed E-state index contributed by atoms with van der Waals surface area (Å²) in [6, 6.07) is 17.6. The molecular formula is C16H16BrN3O. The van der Waals surface area contributed by atoms with Gasteiger partial charge in [0.2, 0.25) is 5.91 Å². The molecule has 0 saturated carbocycles. The van der Waals surface area contributed by atoms with E-state index in [1.807, 2.05) is 42.5 Å². The minimum atomic E-state index is -0.237. The molecule has 1 amide bonds. The molecule has 3 rings (SSSR count). The number of hydrogen-bond donors (Lipinski definition) is 3. The summed E-state index contributed by atoms with van der Waals surface area (Å²) in [5.74, 6) is -0.0248. The lowest BCUT2D eigenvalue weighted by Crippen LogP contribution is -2.39. The lowest BCUT2D eigenvalue weighted by atomic mass is 10.0. The van der Waals surface area contributed by atoms with Gasteiger partial charge in [0.1, 0.15) is 6.04 Å². The first-order chi connectivity index (χ1) is 10.2. The second kappa shape index (κ2) is 6.39. The highest BCUT2D eigenvalue weighted by Crippen LogP contribution is 2.22. The van der Waals surface area contributed by atoms with E-state index in [0.717, 1.165) is 16.6 Å². The van der Waals surface area contributed by atoms with Crippen LogP contribution < -0.4 is 16.2 Å². The monoisotopic (exact) mass is 345 g/mol. The van der Waals surface area contributed by atoms with Gasteiger partial charge in [-0.2, -0.15) is 0 Å². The molecule has 108 valence electrons. The Balaban J connectivity index is 1.61. The van der Waals surface area contributed by atoms with Crippen molar-refractivity contribution in [3.05, 3.63) is 64.6 Å². The van der Waals surface area contributed by atoms with E-state index in [9.17, 15) is 4.79 Å². The van der Waals surface area contributed by atoms with E-state index in [4.69, 9.17) is 0 Å². The molecule has 1 heterocycles. The van der Waals surface area contributed by atoms with Crippen molar-refractivity contribution in [2.45, 2.75) is 18.5 Å². The van der Waals surface area contributed by atoms with Gasteiger partial charge in [-0.1, -0.05) is 46.3 Å². The van der Waals surface area contributed by atoms with E-state index in [-0.39, 0.29) is 18.0 Å². The van der Waals surface area contributed by atoms with Crippen LogP contribution in [0.25, 0.3) is 0 Å². The highest BCUT2D eigenvalue weighted by molar-refractivity contribution is 9.10. The zero-order valence-corrected chi connectivity index (χ0v) is 12.9. The summed E-state index contributed by atoms with van der Waals surface area (Å²) in [6.07, 6.45) is 0.729. The van der Waals surface area contributed by atoms with E-state index in [1.54, 1.807) is 0 Å². The first-order valence-corrected chi connectivity index (χ1v) is 7.64. The number of amides is 1. The van der Waals surface area contributed by atoms with Gasteiger partial charge in [-0.15, -0.1) is 0 Å². The van der Waals surface area contributed by atoms with E-state index in [0.29, 0.717) is 0 Å². The minimum Gasteiger partial charge on any atom is -0.325 e. The normalized spacial score (nSPS) is 21.2. The SMILES string of the molecule is O=C(Nc1ccc(Br)cc1)C1CC(c2ccccc2)NN1. The van der Waals surface area contributed by atoms with Crippen molar-refractivity contribution in [3.63, 3.8) is 0 Å². The van der Waals surface area contributed by atoms with Crippen LogP contribution in [-0.2, 0) is 4.79 Å². The molecule has 3 N–H and O–H groups in total. The van der Waals surface area contributed by atoms with Crippen LogP contribution in [0.2, 0.25) is 0 Å². The fraction of sp³-hybridized carbons (Fsp3) is 0.188. The standard InChI is InChI=1S/C16H16BrN3O/c17-12-6-8-13(9-7-12)18-16(21)15-10-14(19-20-15)11-4-2-1-3-5-11/h1-9,14-15,19-20H,10H2,(H,18,21). The zero-order valence-electron chi connectivity index (χ0n) is 11.3. The van der Waals surface area contributed by atoms with Crippen LogP contribution in [0.15, 0.2) is 59.1 Å². The van der Waals surface area contributed by atoms with Crippen molar-refractivity contribution in [2.24, 2.45) is 0 Å². The third-order valence-electron chi connectivity index (χ3n) is 3.53. The summed E-state index contributed by atoms with van der Waals surface area (Å²) >= 11 is 3.38. The lowest BCUT2D eigenvalue weighted by Gasteiger charge is -2.10. The van der Waals surface area contributed by atoms with Gasteiger partial charge in [0.05, 0.1) is 0 Å². The van der Waals surface area contributed by atoms with E-state index in [1.165, 1.54) is 5.56 Å². The van der Waals surface area contributed by atoms with Gasteiger partial charge in [0.25, 0.3) is 0 Å². The van der Waals surface area contributed by atoms with Gasteiger partial charge in [0.15, 0.2) is 0 Å². The first kappa shape index (κ1) is 14.3. The van der Waals surface area contributed by atoms with Crippen LogP contribution in [0.4, 0.5) is 5.69 Å². The maximum atomic E-state index is 12.3. The second-order valence-electron chi connectivity index (χ2n) is 5.04. The Hall–Kier alpha value is -1.69. The van der Waals surface area contributed by atoms with Crippen LogP contribution >= 0.6 is 15.9 Å². The molecule has 0 bridgehead atoms. The van der Waals surface area contributed by atoms with Crippen LogP contribution in [-0.4, -0.2) is 11.9 Å². The molecule has 1 aliphatic heterocycles. The Morgan fingerprint density at radius 2 is 1.76 bits per heavy atom. The molecule has 1 fully saturated rings. The Kier molecular flexibility index (Phi) is 4.34. The van der Waals surface area contributed by atoms with Gasteiger partial charge in [0, 0.05) is 16.2 Å². The average molecular weight is 346 g/mol. The molecule has 5 heteroatoms. The van der Waals surface area contributed by atoms with Crippen molar-refractivity contribution in [3.8, 4) is 0 Å². The van der Waals surface area contributed by atoms with E-state index < -0.39 is 0 Å². The summed E-state index contributed by atoms with van der Waals surface area (Å²) < 4.78 is 0.991. The molecule has 0 radical (unpaired) electrons. The van der Waals surface area contributed by atoms with Crippen molar-refractivity contribution >= 4 is 27.5 Å². The molecule has 2 unspecified atom stereocenters. The number of anilines is 1. The summed E-state index contributed by atoms with van der Waals surface area (Å²) in [5, 5.41) is 2.92. The summed E-state index contributed by atoms with van der Waals surface area (Å²) in [5.41, 5.74) is 8.23. The highest BCUT2D eigenvalue weighted by atomic mass is 79.9. The summed E-state index contributed by atoms with van der Waals surface area (Å²) in [7, 11) is 0. The average Bonchev–Trinajstić information content (AvgIpc) is 3.00. The summed E-state index contributed by atoms with van der Waals surface area (Å²) in [4.78, 5) is 12.3. The largest absolute Gasteiger partial charge is 0.325 e. The Morgan fingerprint density at radius 3 is 2.48 bits per heavy atom. The van der Waals surface area contributed by atoms with Crippen LogP contribution in [0, 0.1) is 0 Å². The molecule has 0 aliphatic carbocycles. The molecule has 2 aromatic carbocycles. The van der Waals surface area contributed by atoms with Crippen LogP contribution in [0.3, 0.4) is 0 Å². The molecule has 2 aromatic rings. The van der Waals surface area contributed by atoms with Crippen molar-refractivity contribution in [1.82, 2.24) is 10.9 Å².